The van der Waals surface area contributed by atoms with Crippen molar-refractivity contribution in [3.8, 4) is 0 Å². The first-order chi connectivity index (χ1) is 12.2. The van der Waals surface area contributed by atoms with E-state index in [0.29, 0.717) is 24.2 Å². The number of nitrogens with one attached hydrogen (secondary N) is 3. The van der Waals surface area contributed by atoms with E-state index in [1.807, 2.05) is 30.3 Å². The molecule has 3 aromatic rings. The molecule has 0 saturated heterocycles. The van der Waals surface area contributed by atoms with Crippen molar-refractivity contribution < 1.29 is 14.0 Å². The molecule has 25 heavy (non-hydrogen) atoms. The maximum absolute atomic E-state index is 12.0. The molecule has 0 atom stereocenters. The van der Waals surface area contributed by atoms with Gasteiger partial charge in [-0.25, -0.2) is 4.79 Å². The number of amides is 3. The Kier molecular flexibility index (Phi) is 4.99. The van der Waals surface area contributed by atoms with Crippen LogP contribution in [0.5, 0.6) is 0 Å². The number of carbonyl (C=O) groups excluding carboxylic acids is 2. The molecule has 1 heterocycles. The van der Waals surface area contributed by atoms with E-state index in [-0.39, 0.29) is 11.9 Å². The van der Waals surface area contributed by atoms with Gasteiger partial charge in [0.25, 0.3) is 5.91 Å². The Morgan fingerprint density at radius 1 is 1.04 bits per heavy atom. The van der Waals surface area contributed by atoms with E-state index in [2.05, 4.69) is 16.0 Å². The molecule has 2 aromatic carbocycles. The van der Waals surface area contributed by atoms with Crippen molar-refractivity contribution in [2.45, 2.75) is 6.42 Å². The van der Waals surface area contributed by atoms with Crippen molar-refractivity contribution in [1.29, 1.82) is 0 Å². The molecular weight excluding hydrogens is 318 g/mol. The fourth-order valence-electron chi connectivity index (χ4n) is 2.52. The van der Waals surface area contributed by atoms with Crippen molar-refractivity contribution >= 4 is 28.6 Å². The van der Waals surface area contributed by atoms with Gasteiger partial charge in [-0.05, 0) is 30.3 Å². The van der Waals surface area contributed by atoms with Crippen LogP contribution in [0, 0.1) is 0 Å². The summed E-state index contributed by atoms with van der Waals surface area (Å²) in [6.45, 7) is 0.445. The second-order valence-electron chi connectivity index (χ2n) is 5.54. The van der Waals surface area contributed by atoms with Gasteiger partial charge in [-0.1, -0.05) is 24.3 Å². The predicted octanol–water partition coefficient (Wildman–Crippen LogP) is 3.16. The molecule has 0 aliphatic rings. The van der Waals surface area contributed by atoms with E-state index in [9.17, 15) is 9.59 Å². The SMILES string of the molecule is CNC(=O)c1cccc(NC(=O)NCCc2cc3ccccc3o2)c1. The van der Waals surface area contributed by atoms with E-state index < -0.39 is 0 Å². The van der Waals surface area contributed by atoms with Gasteiger partial charge in [0.05, 0.1) is 0 Å². The fraction of sp³-hybridized carbons (Fsp3) is 0.158. The molecule has 0 aliphatic carbocycles. The van der Waals surface area contributed by atoms with Crippen LogP contribution < -0.4 is 16.0 Å². The van der Waals surface area contributed by atoms with Crippen molar-refractivity contribution in [2.24, 2.45) is 0 Å². The van der Waals surface area contributed by atoms with Crippen LogP contribution in [0.2, 0.25) is 0 Å². The number of anilines is 1. The molecule has 3 amide bonds. The number of hydrogen-bond donors (Lipinski definition) is 3. The minimum absolute atomic E-state index is 0.200. The summed E-state index contributed by atoms with van der Waals surface area (Å²) in [4.78, 5) is 23.6. The molecule has 0 saturated carbocycles. The van der Waals surface area contributed by atoms with Crippen LogP contribution in [-0.4, -0.2) is 25.5 Å². The van der Waals surface area contributed by atoms with Gasteiger partial charge >= 0.3 is 6.03 Å². The smallest absolute Gasteiger partial charge is 0.319 e. The normalized spacial score (nSPS) is 10.4. The third-order valence-corrected chi connectivity index (χ3v) is 3.74. The van der Waals surface area contributed by atoms with Crippen LogP contribution in [0.25, 0.3) is 11.0 Å². The minimum atomic E-state index is -0.329. The summed E-state index contributed by atoms with van der Waals surface area (Å²) >= 11 is 0. The van der Waals surface area contributed by atoms with Gasteiger partial charge in [-0.2, -0.15) is 0 Å². The van der Waals surface area contributed by atoms with Crippen molar-refractivity contribution in [3.05, 3.63) is 65.9 Å². The van der Waals surface area contributed by atoms with Gasteiger partial charge in [0.15, 0.2) is 0 Å². The van der Waals surface area contributed by atoms with Crippen LogP contribution in [0.1, 0.15) is 16.1 Å². The second kappa shape index (κ2) is 7.53. The summed E-state index contributed by atoms with van der Waals surface area (Å²) in [5.41, 5.74) is 1.89. The Bertz CT molecular complexity index is 869. The molecule has 0 spiro atoms. The van der Waals surface area contributed by atoms with Crippen LogP contribution in [0.15, 0.2) is 59.0 Å². The number of benzene rings is 2. The third-order valence-electron chi connectivity index (χ3n) is 3.74. The lowest BCUT2D eigenvalue weighted by Crippen LogP contribution is -2.30. The third kappa shape index (κ3) is 4.17. The Hall–Kier alpha value is -3.28. The summed E-state index contributed by atoms with van der Waals surface area (Å²) in [5, 5.41) is 9.09. The van der Waals surface area contributed by atoms with Crippen molar-refractivity contribution in [1.82, 2.24) is 10.6 Å². The second-order valence-corrected chi connectivity index (χ2v) is 5.54. The lowest BCUT2D eigenvalue weighted by atomic mass is 10.2. The summed E-state index contributed by atoms with van der Waals surface area (Å²) in [7, 11) is 1.56. The maximum atomic E-state index is 12.0. The van der Waals surface area contributed by atoms with E-state index in [0.717, 1.165) is 16.7 Å². The zero-order chi connectivity index (χ0) is 17.6. The standard InChI is InChI=1S/C19H19N3O3/c1-20-18(23)14-6-4-7-15(11-14)22-19(24)21-10-9-16-12-13-5-2-3-8-17(13)25-16/h2-8,11-12H,9-10H2,1H3,(H,20,23)(H2,21,22,24). The minimum Gasteiger partial charge on any atom is -0.461 e. The number of rotatable bonds is 5. The first-order valence-corrected chi connectivity index (χ1v) is 8.00. The van der Waals surface area contributed by atoms with Gasteiger partial charge < -0.3 is 20.4 Å². The molecule has 0 fully saturated rings. The number of urea groups is 1. The molecule has 3 N–H and O–H groups in total. The van der Waals surface area contributed by atoms with Crippen LogP contribution in [0.3, 0.4) is 0 Å². The summed E-state index contributed by atoms with van der Waals surface area (Å²) < 4.78 is 5.71. The molecule has 0 aliphatic heterocycles. The first-order valence-electron chi connectivity index (χ1n) is 8.00. The van der Waals surface area contributed by atoms with Crippen LogP contribution in [-0.2, 0) is 6.42 Å². The molecule has 128 valence electrons. The quantitative estimate of drug-likeness (QED) is 0.669. The highest BCUT2D eigenvalue weighted by Crippen LogP contribution is 2.18. The fourth-order valence-corrected chi connectivity index (χ4v) is 2.52. The average Bonchev–Trinajstić information content (AvgIpc) is 3.04. The largest absolute Gasteiger partial charge is 0.461 e. The maximum Gasteiger partial charge on any atom is 0.319 e. The van der Waals surface area contributed by atoms with Crippen molar-refractivity contribution in [3.63, 3.8) is 0 Å². The topological polar surface area (TPSA) is 83.4 Å². The van der Waals surface area contributed by atoms with E-state index in [1.165, 1.54) is 0 Å². The zero-order valence-corrected chi connectivity index (χ0v) is 13.8. The Balaban J connectivity index is 1.52. The van der Waals surface area contributed by atoms with E-state index in [4.69, 9.17) is 4.42 Å². The zero-order valence-electron chi connectivity index (χ0n) is 13.8. The van der Waals surface area contributed by atoms with Gasteiger partial charge in [-0.3, -0.25) is 4.79 Å². The summed E-state index contributed by atoms with van der Waals surface area (Å²) in [6, 6.07) is 16.2. The summed E-state index contributed by atoms with van der Waals surface area (Å²) in [6.07, 6.45) is 0.598. The highest BCUT2D eigenvalue weighted by Gasteiger charge is 2.07. The Labute approximate surface area is 145 Å². The molecule has 0 unspecified atom stereocenters. The van der Waals surface area contributed by atoms with Gasteiger partial charge in [0.2, 0.25) is 0 Å². The number of hydrogen-bond acceptors (Lipinski definition) is 3. The van der Waals surface area contributed by atoms with Crippen molar-refractivity contribution in [2.75, 3.05) is 18.9 Å². The Morgan fingerprint density at radius 3 is 2.68 bits per heavy atom. The van der Waals surface area contributed by atoms with Gasteiger partial charge in [0.1, 0.15) is 11.3 Å². The predicted molar refractivity (Wildman–Crippen MR) is 96.8 cm³/mol. The number of fused-ring (bicyclic) bond motifs is 1. The van der Waals surface area contributed by atoms with E-state index >= 15 is 0 Å². The highest BCUT2D eigenvalue weighted by molar-refractivity contribution is 5.96. The number of furan rings is 1. The first kappa shape index (κ1) is 16.6. The lowest BCUT2D eigenvalue weighted by Gasteiger charge is -2.08. The molecule has 1 aromatic heterocycles. The highest BCUT2D eigenvalue weighted by atomic mass is 16.3. The molecule has 0 bridgehead atoms. The lowest BCUT2D eigenvalue weighted by molar-refractivity contribution is 0.0963. The number of para-hydroxylation sites is 1. The average molecular weight is 337 g/mol. The monoisotopic (exact) mass is 337 g/mol. The number of carbonyl (C=O) groups is 2. The van der Waals surface area contributed by atoms with Crippen LogP contribution in [0.4, 0.5) is 10.5 Å². The van der Waals surface area contributed by atoms with Crippen LogP contribution >= 0.6 is 0 Å². The van der Waals surface area contributed by atoms with E-state index in [1.54, 1.807) is 31.3 Å². The van der Waals surface area contributed by atoms with Gasteiger partial charge in [-0.15, -0.1) is 0 Å². The molecule has 6 nitrogen and oxygen atoms in total. The van der Waals surface area contributed by atoms with Gasteiger partial charge in [0, 0.05) is 36.7 Å². The molecule has 6 heteroatoms. The molecule has 0 radical (unpaired) electrons. The summed E-state index contributed by atoms with van der Waals surface area (Å²) in [5.74, 6) is 0.622. The Morgan fingerprint density at radius 2 is 1.88 bits per heavy atom. The molecule has 3 rings (SSSR count). The molecular formula is C19H19N3O3.